The summed E-state index contributed by atoms with van der Waals surface area (Å²) in [5.74, 6) is 0.550. The number of nitrogens with one attached hydrogen (secondary N) is 2. The van der Waals surface area contributed by atoms with Crippen LogP contribution in [0.15, 0.2) is 53.5 Å². The Kier molecular flexibility index (Phi) is 4.99. The molecule has 1 aliphatic rings. The van der Waals surface area contributed by atoms with E-state index in [2.05, 4.69) is 21.7 Å². The Morgan fingerprint density at radius 2 is 1.88 bits per heavy atom. The summed E-state index contributed by atoms with van der Waals surface area (Å²) in [6, 6.07) is 16.5. The highest BCUT2D eigenvalue weighted by Gasteiger charge is 2.45. The largest absolute Gasteiger partial charge is 0.356 e. The van der Waals surface area contributed by atoms with Gasteiger partial charge in [-0.1, -0.05) is 30.3 Å². The molecule has 1 saturated carbocycles. The van der Waals surface area contributed by atoms with Gasteiger partial charge in [0.2, 0.25) is 0 Å². The summed E-state index contributed by atoms with van der Waals surface area (Å²) in [7, 11) is 1.72. The Bertz CT molecular complexity index is 801. The van der Waals surface area contributed by atoms with Gasteiger partial charge in [0.25, 0.3) is 0 Å². The normalized spacial score (nSPS) is 15.3. The van der Waals surface area contributed by atoms with E-state index in [0.717, 1.165) is 24.0 Å². The van der Waals surface area contributed by atoms with E-state index < -0.39 is 0 Å². The molecule has 0 heterocycles. The van der Waals surface area contributed by atoms with Gasteiger partial charge in [0.1, 0.15) is 5.82 Å². The summed E-state index contributed by atoms with van der Waals surface area (Å²) in [5.41, 5.74) is 2.37. The van der Waals surface area contributed by atoms with Crippen LogP contribution < -0.4 is 10.6 Å². The predicted molar refractivity (Wildman–Crippen MR) is 96.7 cm³/mol. The minimum absolute atomic E-state index is 0.128. The average Bonchev–Trinajstić information content (AvgIpc) is 3.43. The van der Waals surface area contributed by atoms with Crippen molar-refractivity contribution < 1.29 is 4.39 Å². The van der Waals surface area contributed by atoms with Gasteiger partial charge in [0.15, 0.2) is 5.96 Å². The first-order valence-corrected chi connectivity index (χ1v) is 8.35. The second-order valence-electron chi connectivity index (χ2n) is 6.35. The summed E-state index contributed by atoms with van der Waals surface area (Å²) < 4.78 is 14.1. The smallest absolute Gasteiger partial charge is 0.191 e. The quantitative estimate of drug-likeness (QED) is 0.651. The minimum atomic E-state index is -0.137. The molecule has 1 fully saturated rings. The molecule has 0 amide bonds. The zero-order chi connectivity index (χ0) is 17.7. The standard InChI is InChI=1S/C20H21FN4/c1-23-19(24-13-16-8-6-15(12-22)7-9-16)25-14-20(10-11-20)17-4-2-3-5-18(17)21/h2-9H,10-11,13-14H2,1H3,(H2,23,24,25). The van der Waals surface area contributed by atoms with Gasteiger partial charge in [-0.3, -0.25) is 4.99 Å². The molecule has 128 valence electrons. The molecule has 0 radical (unpaired) electrons. The molecule has 2 aromatic carbocycles. The summed E-state index contributed by atoms with van der Waals surface area (Å²) >= 11 is 0. The summed E-state index contributed by atoms with van der Waals surface area (Å²) in [6.45, 7) is 1.26. The first kappa shape index (κ1) is 17.0. The number of nitrogens with zero attached hydrogens (tertiary/aromatic N) is 2. The SMILES string of the molecule is CN=C(NCc1ccc(C#N)cc1)NCC1(c2ccccc2F)CC1. The molecule has 2 N–H and O–H groups in total. The van der Waals surface area contributed by atoms with Crippen LogP contribution in [0.1, 0.15) is 29.5 Å². The van der Waals surface area contributed by atoms with Gasteiger partial charge in [0.05, 0.1) is 11.6 Å². The third-order valence-electron chi connectivity index (χ3n) is 4.66. The van der Waals surface area contributed by atoms with Crippen LogP contribution in [-0.2, 0) is 12.0 Å². The lowest BCUT2D eigenvalue weighted by atomic mass is 9.95. The van der Waals surface area contributed by atoms with Crippen LogP contribution in [0.5, 0.6) is 0 Å². The molecule has 5 heteroatoms. The van der Waals surface area contributed by atoms with Crippen LogP contribution in [0.3, 0.4) is 0 Å². The van der Waals surface area contributed by atoms with Crippen molar-refractivity contribution in [2.24, 2.45) is 4.99 Å². The zero-order valence-corrected chi connectivity index (χ0v) is 14.2. The molecule has 25 heavy (non-hydrogen) atoms. The van der Waals surface area contributed by atoms with E-state index in [-0.39, 0.29) is 11.2 Å². The maximum atomic E-state index is 14.1. The lowest BCUT2D eigenvalue weighted by molar-refractivity contribution is 0.559. The molecule has 0 atom stereocenters. The molecular formula is C20H21FN4. The van der Waals surface area contributed by atoms with Crippen LogP contribution in [0.2, 0.25) is 0 Å². The highest BCUT2D eigenvalue weighted by molar-refractivity contribution is 5.79. The Morgan fingerprint density at radius 3 is 2.48 bits per heavy atom. The molecule has 0 aliphatic heterocycles. The van der Waals surface area contributed by atoms with Crippen molar-refractivity contribution in [3.63, 3.8) is 0 Å². The third kappa shape index (κ3) is 3.97. The fraction of sp³-hybridized carbons (Fsp3) is 0.300. The average molecular weight is 336 g/mol. The number of aliphatic imine (C=N–C) groups is 1. The summed E-state index contributed by atoms with van der Waals surface area (Å²) in [5, 5.41) is 15.4. The highest BCUT2D eigenvalue weighted by Crippen LogP contribution is 2.48. The van der Waals surface area contributed by atoms with Crippen LogP contribution >= 0.6 is 0 Å². The van der Waals surface area contributed by atoms with Crippen molar-refractivity contribution in [3.05, 3.63) is 71.0 Å². The highest BCUT2D eigenvalue weighted by atomic mass is 19.1. The Morgan fingerprint density at radius 1 is 1.16 bits per heavy atom. The van der Waals surface area contributed by atoms with Gasteiger partial charge < -0.3 is 10.6 Å². The van der Waals surface area contributed by atoms with Crippen molar-refractivity contribution >= 4 is 5.96 Å². The monoisotopic (exact) mass is 336 g/mol. The molecule has 0 spiro atoms. The van der Waals surface area contributed by atoms with Gasteiger partial charge in [-0.2, -0.15) is 5.26 Å². The number of nitriles is 1. The van der Waals surface area contributed by atoms with Gasteiger partial charge in [-0.05, 0) is 42.2 Å². The molecular weight excluding hydrogens is 315 g/mol. The van der Waals surface area contributed by atoms with Crippen molar-refractivity contribution in [1.29, 1.82) is 5.26 Å². The van der Waals surface area contributed by atoms with E-state index in [0.29, 0.717) is 24.6 Å². The van der Waals surface area contributed by atoms with Crippen LogP contribution in [0, 0.1) is 17.1 Å². The maximum Gasteiger partial charge on any atom is 0.191 e. The Balaban J connectivity index is 1.56. The molecule has 0 unspecified atom stereocenters. The van der Waals surface area contributed by atoms with Gasteiger partial charge in [-0.15, -0.1) is 0 Å². The number of hydrogen-bond donors (Lipinski definition) is 2. The van der Waals surface area contributed by atoms with E-state index in [1.807, 2.05) is 24.3 Å². The maximum absolute atomic E-state index is 14.1. The van der Waals surface area contributed by atoms with E-state index in [1.54, 1.807) is 25.2 Å². The fourth-order valence-electron chi connectivity index (χ4n) is 2.94. The lowest BCUT2D eigenvalue weighted by Crippen LogP contribution is -2.41. The third-order valence-corrected chi connectivity index (χ3v) is 4.66. The van der Waals surface area contributed by atoms with E-state index in [9.17, 15) is 4.39 Å². The Labute approximate surface area is 147 Å². The lowest BCUT2D eigenvalue weighted by Gasteiger charge is -2.19. The number of rotatable bonds is 5. The van der Waals surface area contributed by atoms with Gasteiger partial charge in [0, 0.05) is 25.6 Å². The predicted octanol–water partition coefficient (Wildman–Crippen LogP) is 3.09. The minimum Gasteiger partial charge on any atom is -0.356 e. The van der Waals surface area contributed by atoms with Crippen molar-refractivity contribution in [2.45, 2.75) is 24.8 Å². The number of halogens is 1. The van der Waals surface area contributed by atoms with E-state index in [4.69, 9.17) is 5.26 Å². The van der Waals surface area contributed by atoms with Crippen molar-refractivity contribution in [3.8, 4) is 6.07 Å². The van der Waals surface area contributed by atoms with Crippen LogP contribution in [-0.4, -0.2) is 19.6 Å². The number of benzene rings is 2. The zero-order valence-electron chi connectivity index (χ0n) is 14.2. The molecule has 0 bridgehead atoms. The van der Waals surface area contributed by atoms with Crippen molar-refractivity contribution in [1.82, 2.24) is 10.6 Å². The summed E-state index contributed by atoms with van der Waals surface area (Å²) in [6.07, 6.45) is 1.96. The first-order valence-electron chi connectivity index (χ1n) is 8.35. The molecule has 0 saturated heterocycles. The van der Waals surface area contributed by atoms with Gasteiger partial charge in [-0.25, -0.2) is 4.39 Å². The second kappa shape index (κ2) is 7.35. The fourth-order valence-corrected chi connectivity index (χ4v) is 2.94. The molecule has 4 nitrogen and oxygen atoms in total. The van der Waals surface area contributed by atoms with E-state index >= 15 is 0 Å². The van der Waals surface area contributed by atoms with Crippen LogP contribution in [0.25, 0.3) is 0 Å². The molecule has 1 aliphatic carbocycles. The molecule has 2 aromatic rings. The first-order chi connectivity index (χ1) is 12.2. The van der Waals surface area contributed by atoms with E-state index in [1.165, 1.54) is 6.07 Å². The Hall–Kier alpha value is -2.87. The summed E-state index contributed by atoms with van der Waals surface area (Å²) in [4.78, 5) is 4.23. The van der Waals surface area contributed by atoms with Crippen LogP contribution in [0.4, 0.5) is 4.39 Å². The number of hydrogen-bond acceptors (Lipinski definition) is 2. The van der Waals surface area contributed by atoms with Gasteiger partial charge >= 0.3 is 0 Å². The second-order valence-corrected chi connectivity index (χ2v) is 6.35. The topological polar surface area (TPSA) is 60.2 Å². The molecule has 0 aromatic heterocycles. The van der Waals surface area contributed by atoms with Crippen molar-refractivity contribution in [2.75, 3.05) is 13.6 Å². The number of guanidine groups is 1. The molecule has 3 rings (SSSR count).